The lowest BCUT2D eigenvalue weighted by molar-refractivity contribution is 0.0844. The van der Waals surface area contributed by atoms with Crippen molar-refractivity contribution in [3.63, 3.8) is 0 Å². The topological polar surface area (TPSA) is 124 Å². The molecular formula is C18H21N5O4S. The van der Waals surface area contributed by atoms with Gasteiger partial charge in [-0.1, -0.05) is 0 Å². The first kappa shape index (κ1) is 18.6. The fourth-order valence-electron chi connectivity index (χ4n) is 3.16. The predicted octanol–water partition coefficient (Wildman–Crippen LogP) is 1.15. The minimum absolute atomic E-state index is 0.152. The quantitative estimate of drug-likeness (QED) is 0.646. The van der Waals surface area contributed by atoms with Crippen LogP contribution >= 0.6 is 0 Å². The maximum atomic E-state index is 12.5. The zero-order valence-electron chi connectivity index (χ0n) is 15.1. The number of benzene rings is 1. The SMILES string of the molecule is O=C(NNC(=O)c1cc(C2CC2)[nH]n1)c1ccc(S(=O)(=O)N2CCCC2)cc1. The van der Waals surface area contributed by atoms with Crippen molar-refractivity contribution >= 4 is 21.8 Å². The molecule has 0 radical (unpaired) electrons. The van der Waals surface area contributed by atoms with E-state index in [-0.39, 0.29) is 16.2 Å². The second-order valence-electron chi connectivity index (χ2n) is 7.03. The van der Waals surface area contributed by atoms with Gasteiger partial charge in [0.25, 0.3) is 11.8 Å². The van der Waals surface area contributed by atoms with Gasteiger partial charge in [0.2, 0.25) is 10.0 Å². The molecule has 2 aliphatic rings. The number of nitrogens with one attached hydrogen (secondary N) is 3. The van der Waals surface area contributed by atoms with Gasteiger partial charge in [0.05, 0.1) is 4.90 Å². The van der Waals surface area contributed by atoms with Crippen molar-refractivity contribution in [3.05, 3.63) is 47.3 Å². The van der Waals surface area contributed by atoms with E-state index in [9.17, 15) is 18.0 Å². The van der Waals surface area contributed by atoms with Crippen molar-refractivity contribution in [1.29, 1.82) is 0 Å². The molecule has 3 N–H and O–H groups in total. The number of rotatable bonds is 5. The van der Waals surface area contributed by atoms with Crippen molar-refractivity contribution in [1.82, 2.24) is 25.4 Å². The number of H-pyrrole nitrogens is 1. The molecule has 1 saturated carbocycles. The molecule has 1 aliphatic heterocycles. The highest BCUT2D eigenvalue weighted by atomic mass is 32.2. The molecule has 1 saturated heterocycles. The summed E-state index contributed by atoms with van der Waals surface area (Å²) in [5.74, 6) is -0.625. The highest BCUT2D eigenvalue weighted by Crippen LogP contribution is 2.38. The maximum absolute atomic E-state index is 12.5. The summed E-state index contributed by atoms with van der Waals surface area (Å²) in [4.78, 5) is 24.4. The minimum Gasteiger partial charge on any atom is -0.281 e. The van der Waals surface area contributed by atoms with Crippen LogP contribution in [-0.2, 0) is 10.0 Å². The van der Waals surface area contributed by atoms with Crippen LogP contribution in [0.25, 0.3) is 0 Å². The number of carbonyl (C=O) groups is 2. The van der Waals surface area contributed by atoms with Crippen LogP contribution in [0.15, 0.2) is 35.2 Å². The standard InChI is InChI=1S/C18H21N5O4S/c24-17(21-22-18(25)16-11-15(19-20-16)12-3-4-12)13-5-7-14(8-6-13)28(26,27)23-9-1-2-10-23/h5-8,11-12H,1-4,9-10H2,(H,19,20)(H,21,24)(H,22,25). The van der Waals surface area contributed by atoms with Gasteiger partial charge in [-0.3, -0.25) is 25.5 Å². The Morgan fingerprint density at radius 1 is 1.04 bits per heavy atom. The van der Waals surface area contributed by atoms with E-state index in [0.29, 0.717) is 19.0 Å². The molecule has 2 heterocycles. The molecule has 2 fully saturated rings. The Bertz CT molecular complexity index is 989. The third kappa shape index (κ3) is 3.78. The molecule has 0 spiro atoms. The second kappa shape index (κ2) is 7.36. The van der Waals surface area contributed by atoms with Crippen molar-refractivity contribution < 1.29 is 18.0 Å². The Labute approximate surface area is 162 Å². The molecule has 2 aromatic rings. The van der Waals surface area contributed by atoms with Crippen molar-refractivity contribution in [2.24, 2.45) is 0 Å². The molecule has 1 aliphatic carbocycles. The van der Waals surface area contributed by atoms with Crippen LogP contribution in [0.4, 0.5) is 0 Å². The van der Waals surface area contributed by atoms with E-state index in [1.54, 1.807) is 6.07 Å². The van der Waals surface area contributed by atoms with E-state index in [2.05, 4.69) is 21.0 Å². The first-order valence-corrected chi connectivity index (χ1v) is 10.7. The van der Waals surface area contributed by atoms with E-state index >= 15 is 0 Å². The number of aromatic amines is 1. The van der Waals surface area contributed by atoms with Gasteiger partial charge >= 0.3 is 0 Å². The molecule has 1 aromatic carbocycles. The monoisotopic (exact) mass is 403 g/mol. The summed E-state index contributed by atoms with van der Waals surface area (Å²) < 4.78 is 26.4. The zero-order chi connectivity index (χ0) is 19.7. The lowest BCUT2D eigenvalue weighted by Crippen LogP contribution is -2.41. The van der Waals surface area contributed by atoms with Crippen LogP contribution in [0.1, 0.15) is 58.1 Å². The Hall–Kier alpha value is -2.72. The predicted molar refractivity (Wildman–Crippen MR) is 99.9 cm³/mol. The number of hydrogen-bond acceptors (Lipinski definition) is 5. The fourth-order valence-corrected chi connectivity index (χ4v) is 4.68. The van der Waals surface area contributed by atoms with E-state index in [1.165, 1.54) is 28.6 Å². The van der Waals surface area contributed by atoms with Gasteiger partial charge in [-0.25, -0.2) is 8.42 Å². The number of hydrazine groups is 1. The largest absolute Gasteiger partial charge is 0.290 e. The second-order valence-corrected chi connectivity index (χ2v) is 8.96. The number of carbonyl (C=O) groups excluding carboxylic acids is 2. The van der Waals surface area contributed by atoms with E-state index < -0.39 is 21.8 Å². The average Bonchev–Trinajstić information content (AvgIpc) is 3.20. The Balaban J connectivity index is 1.36. The van der Waals surface area contributed by atoms with Crippen LogP contribution < -0.4 is 10.9 Å². The van der Waals surface area contributed by atoms with E-state index in [0.717, 1.165) is 31.4 Å². The molecule has 148 valence electrons. The van der Waals surface area contributed by atoms with E-state index in [1.807, 2.05) is 0 Å². The van der Waals surface area contributed by atoms with Crippen molar-refractivity contribution in [2.45, 2.75) is 36.5 Å². The molecule has 1 aromatic heterocycles. The number of amides is 2. The molecule has 0 atom stereocenters. The fraction of sp³-hybridized carbons (Fsp3) is 0.389. The maximum Gasteiger partial charge on any atom is 0.290 e. The van der Waals surface area contributed by atoms with Gasteiger partial charge in [0, 0.05) is 30.3 Å². The van der Waals surface area contributed by atoms with Crippen LogP contribution in [0, 0.1) is 0 Å². The summed E-state index contributed by atoms with van der Waals surface area (Å²) in [5.41, 5.74) is 5.99. The summed E-state index contributed by atoms with van der Waals surface area (Å²) in [5, 5.41) is 6.77. The van der Waals surface area contributed by atoms with Gasteiger partial charge in [-0.15, -0.1) is 0 Å². The third-order valence-corrected chi connectivity index (χ3v) is 6.87. The minimum atomic E-state index is -3.52. The van der Waals surface area contributed by atoms with Gasteiger partial charge in [-0.05, 0) is 56.0 Å². The van der Waals surface area contributed by atoms with E-state index in [4.69, 9.17) is 0 Å². The van der Waals surface area contributed by atoms with Crippen LogP contribution in [0.2, 0.25) is 0 Å². The normalized spacial score (nSPS) is 17.4. The number of hydrogen-bond donors (Lipinski definition) is 3. The summed E-state index contributed by atoms with van der Waals surface area (Å²) in [7, 11) is -3.52. The summed E-state index contributed by atoms with van der Waals surface area (Å²) in [6.07, 6.45) is 3.89. The smallest absolute Gasteiger partial charge is 0.281 e. The molecule has 28 heavy (non-hydrogen) atoms. The molecule has 0 bridgehead atoms. The first-order chi connectivity index (χ1) is 13.4. The highest BCUT2D eigenvalue weighted by Gasteiger charge is 2.28. The molecular weight excluding hydrogens is 382 g/mol. The molecule has 2 amide bonds. The van der Waals surface area contributed by atoms with Crippen LogP contribution in [-0.4, -0.2) is 47.8 Å². The Kier molecular flexibility index (Phi) is 4.90. The zero-order valence-corrected chi connectivity index (χ0v) is 16.0. The molecule has 0 unspecified atom stereocenters. The molecule has 9 nitrogen and oxygen atoms in total. The van der Waals surface area contributed by atoms with Gasteiger partial charge in [0.15, 0.2) is 5.69 Å². The molecule has 4 rings (SSSR count). The number of aromatic nitrogens is 2. The Morgan fingerprint density at radius 2 is 1.68 bits per heavy atom. The number of sulfonamides is 1. The Morgan fingerprint density at radius 3 is 2.32 bits per heavy atom. The summed E-state index contributed by atoms with van der Waals surface area (Å²) in [6, 6.07) is 7.32. The van der Waals surface area contributed by atoms with Gasteiger partial charge < -0.3 is 0 Å². The summed E-state index contributed by atoms with van der Waals surface area (Å²) in [6.45, 7) is 1.04. The highest BCUT2D eigenvalue weighted by molar-refractivity contribution is 7.89. The number of nitrogens with zero attached hydrogens (tertiary/aromatic N) is 2. The van der Waals surface area contributed by atoms with Gasteiger partial charge in [0.1, 0.15) is 0 Å². The third-order valence-electron chi connectivity index (χ3n) is 4.96. The van der Waals surface area contributed by atoms with Crippen molar-refractivity contribution in [3.8, 4) is 0 Å². The van der Waals surface area contributed by atoms with Crippen molar-refractivity contribution in [2.75, 3.05) is 13.1 Å². The van der Waals surface area contributed by atoms with Crippen LogP contribution in [0.5, 0.6) is 0 Å². The van der Waals surface area contributed by atoms with Gasteiger partial charge in [-0.2, -0.15) is 9.40 Å². The van der Waals surface area contributed by atoms with Crippen LogP contribution in [0.3, 0.4) is 0 Å². The lowest BCUT2D eigenvalue weighted by Gasteiger charge is -2.15. The average molecular weight is 403 g/mol. The molecule has 10 heteroatoms. The summed E-state index contributed by atoms with van der Waals surface area (Å²) >= 11 is 0. The lowest BCUT2D eigenvalue weighted by atomic mass is 10.2. The first-order valence-electron chi connectivity index (χ1n) is 9.21.